The minimum absolute atomic E-state index is 0.777. The maximum absolute atomic E-state index is 5.04. The molecule has 0 aliphatic rings. The van der Waals surface area contributed by atoms with Crippen molar-refractivity contribution in [3.63, 3.8) is 0 Å². The highest BCUT2D eigenvalue weighted by molar-refractivity contribution is 7.09. The van der Waals surface area contributed by atoms with E-state index in [1.54, 1.807) is 0 Å². The fourth-order valence-electron chi connectivity index (χ4n) is 1.22. The van der Waals surface area contributed by atoms with Crippen molar-refractivity contribution in [2.45, 2.75) is 46.0 Å². The van der Waals surface area contributed by atoms with Gasteiger partial charge in [0.25, 0.3) is 0 Å². The molecule has 0 radical (unpaired) electrons. The molecule has 0 aliphatic heterocycles. The van der Waals surface area contributed by atoms with Crippen molar-refractivity contribution >= 4 is 9.47 Å². The van der Waals surface area contributed by atoms with E-state index < -0.39 is 0 Å². The lowest BCUT2D eigenvalue weighted by Gasteiger charge is -2.12. The van der Waals surface area contributed by atoms with E-state index in [-0.39, 0.29) is 0 Å². The van der Waals surface area contributed by atoms with Crippen LogP contribution < -0.4 is 0 Å². The number of rotatable bonds is 7. The quantitative estimate of drug-likeness (QED) is 0.426. The van der Waals surface area contributed by atoms with E-state index in [0.717, 1.165) is 12.5 Å². The van der Waals surface area contributed by atoms with Crippen LogP contribution in [-0.4, -0.2) is 6.61 Å². The topological polar surface area (TPSA) is 9.23 Å². The maximum Gasteiger partial charge on any atom is 0.0530 e. The van der Waals surface area contributed by atoms with Crippen LogP contribution in [0.5, 0.6) is 0 Å². The summed E-state index contributed by atoms with van der Waals surface area (Å²) in [4.78, 5) is 0. The fourth-order valence-corrected chi connectivity index (χ4v) is 1.50. The van der Waals surface area contributed by atoms with E-state index in [1.807, 2.05) is 0 Å². The zero-order valence-corrected chi connectivity index (χ0v) is 8.96. The second kappa shape index (κ2) is 8.49. The van der Waals surface area contributed by atoms with Crippen molar-refractivity contribution in [2.24, 2.45) is 5.92 Å². The average Bonchev–Trinajstić information content (AvgIpc) is 2.03. The van der Waals surface area contributed by atoms with Crippen LogP contribution in [0.4, 0.5) is 0 Å². The van der Waals surface area contributed by atoms with Gasteiger partial charge in [-0.1, -0.05) is 39.5 Å². The lowest BCUT2D eigenvalue weighted by molar-refractivity contribution is 0.264. The van der Waals surface area contributed by atoms with E-state index in [9.17, 15) is 0 Å². The Kier molecular flexibility index (Phi) is 8.79. The van der Waals surface area contributed by atoms with Gasteiger partial charge < -0.3 is 4.52 Å². The summed E-state index contributed by atoms with van der Waals surface area (Å²) in [6, 6.07) is 0. The molecule has 0 heterocycles. The Morgan fingerprint density at radius 3 is 2.45 bits per heavy atom. The van der Waals surface area contributed by atoms with Crippen molar-refractivity contribution < 1.29 is 4.52 Å². The highest BCUT2D eigenvalue weighted by Gasteiger charge is 2.03. The molecule has 0 amide bonds. The van der Waals surface area contributed by atoms with Crippen molar-refractivity contribution in [3.05, 3.63) is 0 Å². The standard InChI is InChI=1S/C9H21OP/c1-3-5-6-7-9(4-2)8-10-11/h9H,3-8,11H2,1-2H3. The normalized spacial score (nSPS) is 13.4. The molecule has 1 nitrogen and oxygen atoms in total. The Hall–Kier alpha value is 0.390. The molecule has 0 fully saturated rings. The molecular weight excluding hydrogens is 155 g/mol. The highest BCUT2D eigenvalue weighted by atomic mass is 31.0. The first-order valence-corrected chi connectivity index (χ1v) is 5.13. The van der Waals surface area contributed by atoms with Crippen molar-refractivity contribution in [1.29, 1.82) is 0 Å². The molecule has 0 N–H and O–H groups in total. The van der Waals surface area contributed by atoms with Crippen LogP contribution in [0.2, 0.25) is 0 Å². The van der Waals surface area contributed by atoms with Gasteiger partial charge in [-0.15, -0.1) is 0 Å². The first kappa shape index (κ1) is 11.4. The van der Waals surface area contributed by atoms with Gasteiger partial charge in [-0.3, -0.25) is 0 Å². The Bertz CT molecular complexity index is 76.0. The van der Waals surface area contributed by atoms with Gasteiger partial charge in [0.2, 0.25) is 0 Å². The van der Waals surface area contributed by atoms with Gasteiger partial charge in [-0.2, -0.15) is 0 Å². The lowest BCUT2D eigenvalue weighted by atomic mass is 10.00. The Labute approximate surface area is 73.2 Å². The van der Waals surface area contributed by atoms with Crippen LogP contribution in [0.15, 0.2) is 0 Å². The van der Waals surface area contributed by atoms with Crippen LogP contribution >= 0.6 is 9.47 Å². The monoisotopic (exact) mass is 176 g/mol. The molecule has 68 valence electrons. The van der Waals surface area contributed by atoms with E-state index in [4.69, 9.17) is 4.52 Å². The maximum atomic E-state index is 5.04. The summed E-state index contributed by atoms with van der Waals surface area (Å²) < 4.78 is 5.04. The van der Waals surface area contributed by atoms with E-state index in [1.165, 1.54) is 32.1 Å². The van der Waals surface area contributed by atoms with Gasteiger partial charge in [-0.05, 0) is 12.3 Å². The molecule has 0 saturated heterocycles. The summed E-state index contributed by atoms with van der Waals surface area (Å²) >= 11 is 0. The van der Waals surface area contributed by atoms with Crippen LogP contribution in [0, 0.1) is 5.92 Å². The molecule has 2 unspecified atom stereocenters. The molecule has 2 atom stereocenters. The molecule has 0 spiro atoms. The van der Waals surface area contributed by atoms with Crippen molar-refractivity contribution in [1.82, 2.24) is 0 Å². The summed E-state index contributed by atoms with van der Waals surface area (Å²) in [5.74, 6) is 0.777. The molecule has 0 rings (SSSR count). The molecule has 2 heteroatoms. The largest absolute Gasteiger partial charge is 0.365 e. The minimum atomic E-state index is 0.777. The minimum Gasteiger partial charge on any atom is -0.365 e. The van der Waals surface area contributed by atoms with Crippen LogP contribution in [0.1, 0.15) is 46.0 Å². The van der Waals surface area contributed by atoms with Gasteiger partial charge >= 0.3 is 0 Å². The second-order valence-electron chi connectivity index (χ2n) is 3.10. The van der Waals surface area contributed by atoms with Gasteiger partial charge in [0, 0.05) is 9.47 Å². The van der Waals surface area contributed by atoms with Gasteiger partial charge in [0.15, 0.2) is 0 Å². The third kappa shape index (κ3) is 6.77. The molecular formula is C9H21OP. The van der Waals surface area contributed by atoms with Crippen molar-refractivity contribution in [3.8, 4) is 0 Å². The summed E-state index contributed by atoms with van der Waals surface area (Å²) in [7, 11) is 2.33. The molecule has 0 aromatic heterocycles. The third-order valence-electron chi connectivity index (χ3n) is 2.13. The first-order chi connectivity index (χ1) is 5.35. The van der Waals surface area contributed by atoms with Gasteiger partial charge in [0.1, 0.15) is 0 Å². The van der Waals surface area contributed by atoms with Crippen LogP contribution in [-0.2, 0) is 4.52 Å². The summed E-state index contributed by atoms with van der Waals surface area (Å²) in [5.41, 5.74) is 0. The first-order valence-electron chi connectivity index (χ1n) is 4.66. The van der Waals surface area contributed by atoms with E-state index in [2.05, 4.69) is 23.3 Å². The van der Waals surface area contributed by atoms with E-state index in [0.29, 0.717) is 0 Å². The summed E-state index contributed by atoms with van der Waals surface area (Å²) in [6.45, 7) is 5.39. The average molecular weight is 176 g/mol. The van der Waals surface area contributed by atoms with E-state index >= 15 is 0 Å². The lowest BCUT2D eigenvalue weighted by Crippen LogP contribution is -2.04. The summed E-state index contributed by atoms with van der Waals surface area (Å²) in [5, 5.41) is 0. The molecule has 0 bridgehead atoms. The SMILES string of the molecule is CCCCCC(CC)COP. The molecule has 11 heavy (non-hydrogen) atoms. The molecule has 0 saturated carbocycles. The predicted octanol–water partition coefficient (Wildman–Crippen LogP) is 3.40. The third-order valence-corrected chi connectivity index (χ3v) is 2.32. The number of hydrogen-bond acceptors (Lipinski definition) is 1. The Balaban J connectivity index is 3.20. The van der Waals surface area contributed by atoms with Crippen LogP contribution in [0.3, 0.4) is 0 Å². The molecule has 0 aromatic rings. The Morgan fingerprint density at radius 2 is 2.00 bits per heavy atom. The zero-order valence-electron chi connectivity index (χ0n) is 7.81. The number of hydrogen-bond donors (Lipinski definition) is 0. The van der Waals surface area contributed by atoms with Gasteiger partial charge in [0.05, 0.1) is 6.61 Å². The highest BCUT2D eigenvalue weighted by Crippen LogP contribution is 2.14. The smallest absolute Gasteiger partial charge is 0.0530 e. The molecule has 0 aromatic carbocycles. The predicted molar refractivity (Wildman–Crippen MR) is 53.6 cm³/mol. The summed E-state index contributed by atoms with van der Waals surface area (Å²) in [6.07, 6.45) is 6.63. The van der Waals surface area contributed by atoms with Gasteiger partial charge in [-0.25, -0.2) is 0 Å². The molecule has 0 aliphatic carbocycles. The second-order valence-corrected chi connectivity index (χ2v) is 3.44. The van der Waals surface area contributed by atoms with Crippen LogP contribution in [0.25, 0.3) is 0 Å². The zero-order chi connectivity index (χ0) is 8.53. The fraction of sp³-hybridized carbons (Fsp3) is 1.00. The Morgan fingerprint density at radius 1 is 1.27 bits per heavy atom. The van der Waals surface area contributed by atoms with Crippen molar-refractivity contribution in [2.75, 3.05) is 6.61 Å². The number of unbranched alkanes of at least 4 members (excludes halogenated alkanes) is 2.